The molecule has 2 nitrogen and oxygen atoms in total. The Balaban J connectivity index is 2.46. The highest BCUT2D eigenvalue weighted by Gasteiger charge is 2.39. The normalized spacial score (nSPS) is 32.6. The molecule has 2 bridgehead atoms. The Morgan fingerprint density at radius 2 is 2.08 bits per heavy atom. The van der Waals surface area contributed by atoms with Gasteiger partial charge in [-0.25, -0.2) is 0 Å². The van der Waals surface area contributed by atoms with E-state index in [1.165, 1.54) is 0 Å². The van der Waals surface area contributed by atoms with E-state index >= 15 is 0 Å². The number of carbonyl (C=O) groups is 2. The molecular formula is C11H14O2. The molecule has 3 aliphatic carbocycles. The molecule has 0 aromatic heterocycles. The van der Waals surface area contributed by atoms with E-state index < -0.39 is 0 Å². The first-order valence-corrected chi connectivity index (χ1v) is 4.85. The zero-order chi connectivity index (χ0) is 9.59. The first kappa shape index (κ1) is 8.67. The summed E-state index contributed by atoms with van der Waals surface area (Å²) in [7, 11) is 0. The summed E-state index contributed by atoms with van der Waals surface area (Å²) in [6, 6.07) is 0. The lowest BCUT2D eigenvalue weighted by molar-refractivity contribution is -0.125. The predicted octanol–water partition coefficient (Wildman–Crippen LogP) is 1.89. The van der Waals surface area contributed by atoms with Gasteiger partial charge < -0.3 is 0 Å². The number of hydrogen-bond donors (Lipinski definition) is 0. The Kier molecular flexibility index (Phi) is 1.86. The van der Waals surface area contributed by atoms with E-state index in [0.717, 1.165) is 24.0 Å². The molecule has 2 heteroatoms. The maximum absolute atomic E-state index is 11.5. The topological polar surface area (TPSA) is 34.1 Å². The maximum Gasteiger partial charge on any atom is 0.156 e. The molecule has 0 saturated heterocycles. The third-order valence-corrected chi connectivity index (χ3v) is 3.38. The van der Waals surface area contributed by atoms with Gasteiger partial charge in [-0.15, -0.1) is 0 Å². The molecule has 70 valence electrons. The van der Waals surface area contributed by atoms with Crippen LogP contribution in [0.3, 0.4) is 0 Å². The molecule has 0 aromatic rings. The van der Waals surface area contributed by atoms with Crippen LogP contribution in [0.1, 0.15) is 33.1 Å². The first-order chi connectivity index (χ1) is 6.11. The van der Waals surface area contributed by atoms with Crippen molar-refractivity contribution in [2.75, 3.05) is 0 Å². The van der Waals surface area contributed by atoms with Crippen molar-refractivity contribution in [3.8, 4) is 0 Å². The van der Waals surface area contributed by atoms with Crippen LogP contribution in [0.5, 0.6) is 0 Å². The highest BCUT2D eigenvalue weighted by atomic mass is 16.1. The average molecular weight is 178 g/mol. The first-order valence-electron chi connectivity index (χ1n) is 4.85. The number of Topliss-reactive ketones (excluding diaryl/α,β-unsaturated/α-hetero) is 2. The summed E-state index contributed by atoms with van der Waals surface area (Å²) in [5, 5.41) is 0. The van der Waals surface area contributed by atoms with Gasteiger partial charge in [0, 0.05) is 12.3 Å². The van der Waals surface area contributed by atoms with Crippen LogP contribution in [-0.2, 0) is 9.59 Å². The molecule has 0 N–H and O–H groups in total. The average Bonchev–Trinajstić information content (AvgIpc) is 2.03. The molecule has 1 fully saturated rings. The molecule has 13 heavy (non-hydrogen) atoms. The van der Waals surface area contributed by atoms with Crippen molar-refractivity contribution >= 4 is 11.6 Å². The molecule has 1 saturated carbocycles. The van der Waals surface area contributed by atoms with E-state index in [9.17, 15) is 9.59 Å². The number of hydrogen-bond acceptors (Lipinski definition) is 2. The number of allylic oxidation sites excluding steroid dienone is 2. The van der Waals surface area contributed by atoms with Crippen molar-refractivity contribution in [3.63, 3.8) is 0 Å². The molecule has 0 heterocycles. The standard InChI is InChI=1S/C11H14O2/c1-6-9-4-3-8(5-10(9)13)11(6)7(2)12/h8-9H,3-5H2,1-2H3/t8-,9-/m0/s1. The van der Waals surface area contributed by atoms with Crippen LogP contribution in [0.4, 0.5) is 0 Å². The molecular weight excluding hydrogens is 164 g/mol. The number of fused-ring (bicyclic) bond motifs is 2. The minimum atomic E-state index is 0.0731. The SMILES string of the molecule is CC(=O)C1=C(C)[C@@H]2CC[C@H]1CC2=O. The third-order valence-electron chi connectivity index (χ3n) is 3.38. The Hall–Kier alpha value is -0.920. The lowest BCUT2D eigenvalue weighted by Gasteiger charge is -2.37. The summed E-state index contributed by atoms with van der Waals surface area (Å²) in [5.41, 5.74) is 2.01. The fourth-order valence-corrected chi connectivity index (χ4v) is 2.80. The van der Waals surface area contributed by atoms with Gasteiger partial charge in [0.25, 0.3) is 0 Å². The van der Waals surface area contributed by atoms with E-state index in [2.05, 4.69) is 0 Å². The van der Waals surface area contributed by atoms with Gasteiger partial charge in [0.05, 0.1) is 0 Å². The highest BCUT2D eigenvalue weighted by Crippen LogP contribution is 2.43. The van der Waals surface area contributed by atoms with Gasteiger partial charge in [-0.2, -0.15) is 0 Å². The van der Waals surface area contributed by atoms with E-state index in [4.69, 9.17) is 0 Å². The van der Waals surface area contributed by atoms with Gasteiger partial charge in [0.1, 0.15) is 5.78 Å². The van der Waals surface area contributed by atoms with Crippen LogP contribution in [0, 0.1) is 11.8 Å². The molecule has 0 spiro atoms. The van der Waals surface area contributed by atoms with E-state index in [1.54, 1.807) is 6.92 Å². The number of ketones is 2. The summed E-state index contributed by atoms with van der Waals surface area (Å²) >= 11 is 0. The molecule has 0 aliphatic heterocycles. The predicted molar refractivity (Wildman–Crippen MR) is 49.2 cm³/mol. The van der Waals surface area contributed by atoms with Crippen molar-refractivity contribution in [2.45, 2.75) is 33.1 Å². The smallest absolute Gasteiger partial charge is 0.156 e. The summed E-state index contributed by atoms with van der Waals surface area (Å²) in [6.07, 6.45) is 2.60. The summed E-state index contributed by atoms with van der Waals surface area (Å²) in [6.45, 7) is 3.56. The lowest BCUT2D eigenvalue weighted by Crippen LogP contribution is -2.35. The molecule has 0 aromatic carbocycles. The van der Waals surface area contributed by atoms with Crippen molar-refractivity contribution in [2.24, 2.45) is 11.8 Å². The molecule has 3 rings (SSSR count). The van der Waals surface area contributed by atoms with Crippen LogP contribution >= 0.6 is 0 Å². The second-order valence-electron chi connectivity index (χ2n) is 4.15. The van der Waals surface area contributed by atoms with Gasteiger partial charge in [-0.3, -0.25) is 9.59 Å². The van der Waals surface area contributed by atoms with Crippen LogP contribution in [-0.4, -0.2) is 11.6 Å². The van der Waals surface area contributed by atoms with Crippen LogP contribution in [0.15, 0.2) is 11.1 Å². The summed E-state index contributed by atoms with van der Waals surface area (Å²) in [5.74, 6) is 0.831. The maximum atomic E-state index is 11.5. The molecule has 0 unspecified atom stereocenters. The van der Waals surface area contributed by atoms with E-state index in [0.29, 0.717) is 12.2 Å². The van der Waals surface area contributed by atoms with Gasteiger partial charge in [0.15, 0.2) is 5.78 Å². The van der Waals surface area contributed by atoms with Gasteiger partial charge >= 0.3 is 0 Å². The monoisotopic (exact) mass is 178 g/mol. The fraction of sp³-hybridized carbons (Fsp3) is 0.636. The van der Waals surface area contributed by atoms with Crippen molar-refractivity contribution in [1.29, 1.82) is 0 Å². The summed E-state index contributed by atoms with van der Waals surface area (Å²) in [4.78, 5) is 22.8. The Morgan fingerprint density at radius 1 is 1.38 bits per heavy atom. The second-order valence-corrected chi connectivity index (χ2v) is 4.15. The van der Waals surface area contributed by atoms with Gasteiger partial charge in [-0.1, -0.05) is 5.57 Å². The molecule has 0 radical (unpaired) electrons. The van der Waals surface area contributed by atoms with E-state index in [-0.39, 0.29) is 17.6 Å². The van der Waals surface area contributed by atoms with Gasteiger partial charge in [0.2, 0.25) is 0 Å². The largest absolute Gasteiger partial charge is 0.299 e. The second kappa shape index (κ2) is 2.79. The minimum Gasteiger partial charge on any atom is -0.299 e. The number of rotatable bonds is 1. The molecule has 3 aliphatic rings. The van der Waals surface area contributed by atoms with Crippen molar-refractivity contribution < 1.29 is 9.59 Å². The number of carbonyl (C=O) groups excluding carboxylic acids is 2. The van der Waals surface area contributed by atoms with E-state index in [1.807, 2.05) is 6.92 Å². The quantitative estimate of drug-likeness (QED) is 0.614. The highest BCUT2D eigenvalue weighted by molar-refractivity contribution is 5.99. The van der Waals surface area contributed by atoms with Crippen molar-refractivity contribution in [3.05, 3.63) is 11.1 Å². The fourth-order valence-electron chi connectivity index (χ4n) is 2.80. The molecule has 0 amide bonds. The van der Waals surface area contributed by atoms with Crippen molar-refractivity contribution in [1.82, 2.24) is 0 Å². The lowest BCUT2D eigenvalue weighted by atomic mass is 9.66. The molecule has 2 atom stereocenters. The third kappa shape index (κ3) is 1.16. The zero-order valence-electron chi connectivity index (χ0n) is 8.09. The van der Waals surface area contributed by atoms with Crippen LogP contribution < -0.4 is 0 Å². The van der Waals surface area contributed by atoms with Crippen LogP contribution in [0.25, 0.3) is 0 Å². The van der Waals surface area contributed by atoms with Crippen LogP contribution in [0.2, 0.25) is 0 Å². The Bertz CT molecular complexity index is 312. The Labute approximate surface area is 78.0 Å². The summed E-state index contributed by atoms with van der Waals surface area (Å²) < 4.78 is 0. The minimum absolute atomic E-state index is 0.0731. The Morgan fingerprint density at radius 3 is 2.54 bits per heavy atom. The zero-order valence-corrected chi connectivity index (χ0v) is 8.09. The van der Waals surface area contributed by atoms with Gasteiger partial charge in [-0.05, 0) is 38.2 Å².